The number of hydrogen-bond donors (Lipinski definition) is 1. The molecule has 1 aromatic heterocycles. The summed E-state index contributed by atoms with van der Waals surface area (Å²) >= 11 is 6.07. The third kappa shape index (κ3) is 4.01. The molecule has 0 radical (unpaired) electrons. The second kappa shape index (κ2) is 7.89. The number of allylic oxidation sites excluding steroid dienone is 1. The van der Waals surface area contributed by atoms with Gasteiger partial charge >= 0.3 is 0 Å². The van der Waals surface area contributed by atoms with Gasteiger partial charge in [0.1, 0.15) is 0 Å². The van der Waals surface area contributed by atoms with Crippen LogP contribution in [-0.4, -0.2) is 21.5 Å². The Morgan fingerprint density at radius 2 is 1.81 bits per heavy atom. The Labute approximate surface area is 165 Å². The molecule has 5 heteroatoms. The highest BCUT2D eigenvalue weighted by atomic mass is 35.5. The molecule has 2 aromatic carbocycles. The Bertz CT molecular complexity index is 901. The van der Waals surface area contributed by atoms with Gasteiger partial charge in [-0.1, -0.05) is 41.9 Å². The molecular weight excluding hydrogens is 356 g/mol. The van der Waals surface area contributed by atoms with Gasteiger partial charge in [-0.3, -0.25) is 10.0 Å². The van der Waals surface area contributed by atoms with E-state index in [1.54, 1.807) is 6.33 Å². The van der Waals surface area contributed by atoms with E-state index in [9.17, 15) is 0 Å². The third-order valence-electron chi connectivity index (χ3n) is 4.97. The molecule has 1 N–H and O–H groups in total. The fourth-order valence-electron chi connectivity index (χ4n) is 3.56. The molecule has 1 aliphatic rings. The Kier molecular flexibility index (Phi) is 5.16. The van der Waals surface area contributed by atoms with Crippen LogP contribution in [0.2, 0.25) is 5.02 Å². The molecule has 0 aliphatic carbocycles. The summed E-state index contributed by atoms with van der Waals surface area (Å²) in [6, 6.07) is 18.7. The highest BCUT2D eigenvalue weighted by Gasteiger charge is 2.28. The van der Waals surface area contributed by atoms with Crippen LogP contribution in [0.4, 0.5) is 5.69 Å². The van der Waals surface area contributed by atoms with Gasteiger partial charge in [-0.05, 0) is 55.2 Å². The summed E-state index contributed by atoms with van der Waals surface area (Å²) < 4.78 is 0. The smallest absolute Gasteiger partial charge is 0.0921 e. The van der Waals surface area contributed by atoms with Gasteiger partial charge in [-0.25, -0.2) is 4.98 Å². The number of anilines is 1. The van der Waals surface area contributed by atoms with Crippen LogP contribution in [0.1, 0.15) is 24.6 Å². The molecule has 0 amide bonds. The minimum atomic E-state index is 0.770. The number of hydrazine groups is 1. The number of aromatic nitrogens is 2. The standard InChI is InChI=1S/C22H23ClN4/c1-17-14-26(21-5-3-2-4-6-21)27(15-18-7-9-19(23)10-8-18)22(17)12-11-20-13-24-16-25-20/h2-10,13,16H,11-12,14-15H2,1H3,(H,24,25). The quantitative estimate of drug-likeness (QED) is 0.639. The van der Waals surface area contributed by atoms with E-state index in [1.165, 1.54) is 28.2 Å². The molecule has 0 saturated heterocycles. The van der Waals surface area contributed by atoms with E-state index in [0.717, 1.165) is 31.0 Å². The molecule has 2 heterocycles. The first kappa shape index (κ1) is 17.7. The molecule has 4 nitrogen and oxygen atoms in total. The van der Waals surface area contributed by atoms with Crippen LogP contribution in [0, 0.1) is 0 Å². The highest BCUT2D eigenvalue weighted by Crippen LogP contribution is 2.32. The maximum atomic E-state index is 6.07. The van der Waals surface area contributed by atoms with Crippen molar-refractivity contribution in [3.05, 3.63) is 94.7 Å². The van der Waals surface area contributed by atoms with Gasteiger partial charge in [0, 0.05) is 22.6 Å². The van der Waals surface area contributed by atoms with Gasteiger partial charge in [0.05, 0.1) is 25.1 Å². The summed E-state index contributed by atoms with van der Waals surface area (Å²) in [6.07, 6.45) is 5.58. The fourth-order valence-corrected chi connectivity index (χ4v) is 3.68. The maximum absolute atomic E-state index is 6.07. The van der Waals surface area contributed by atoms with Crippen LogP contribution < -0.4 is 5.01 Å². The Morgan fingerprint density at radius 3 is 2.52 bits per heavy atom. The van der Waals surface area contributed by atoms with Gasteiger partial charge in [0.25, 0.3) is 0 Å². The summed E-state index contributed by atoms with van der Waals surface area (Å²) in [6.45, 7) is 3.97. The van der Waals surface area contributed by atoms with E-state index >= 15 is 0 Å². The van der Waals surface area contributed by atoms with Crippen molar-refractivity contribution in [3.63, 3.8) is 0 Å². The zero-order valence-corrected chi connectivity index (χ0v) is 16.2. The van der Waals surface area contributed by atoms with Gasteiger partial charge in [0.15, 0.2) is 0 Å². The van der Waals surface area contributed by atoms with Crippen LogP contribution in [0.5, 0.6) is 0 Å². The predicted molar refractivity (Wildman–Crippen MR) is 110 cm³/mol. The van der Waals surface area contributed by atoms with E-state index in [1.807, 2.05) is 18.3 Å². The molecule has 0 bridgehead atoms. The molecular formula is C22H23ClN4. The second-order valence-corrected chi connectivity index (χ2v) is 7.32. The van der Waals surface area contributed by atoms with Gasteiger partial charge < -0.3 is 4.98 Å². The van der Waals surface area contributed by atoms with Gasteiger partial charge in [-0.15, -0.1) is 0 Å². The number of aryl methyl sites for hydroxylation is 1. The average molecular weight is 379 g/mol. The van der Waals surface area contributed by atoms with Crippen LogP contribution >= 0.6 is 11.6 Å². The lowest BCUT2D eigenvalue weighted by Gasteiger charge is -2.34. The molecule has 0 atom stereocenters. The third-order valence-corrected chi connectivity index (χ3v) is 5.22. The number of para-hydroxylation sites is 1. The van der Waals surface area contributed by atoms with Crippen LogP contribution in [-0.2, 0) is 13.0 Å². The van der Waals surface area contributed by atoms with Crippen molar-refractivity contribution in [1.82, 2.24) is 15.0 Å². The van der Waals surface area contributed by atoms with Crippen LogP contribution in [0.15, 0.2) is 78.4 Å². The first-order chi connectivity index (χ1) is 13.2. The normalized spacial score (nSPS) is 14.3. The van der Waals surface area contributed by atoms with Crippen molar-refractivity contribution in [1.29, 1.82) is 0 Å². The van der Waals surface area contributed by atoms with E-state index in [-0.39, 0.29) is 0 Å². The first-order valence-corrected chi connectivity index (χ1v) is 9.59. The lowest BCUT2D eigenvalue weighted by Crippen LogP contribution is -2.37. The van der Waals surface area contributed by atoms with E-state index in [0.29, 0.717) is 0 Å². The number of rotatable bonds is 6. The van der Waals surface area contributed by atoms with Crippen molar-refractivity contribution in [2.75, 3.05) is 11.6 Å². The second-order valence-electron chi connectivity index (χ2n) is 6.88. The summed E-state index contributed by atoms with van der Waals surface area (Å²) in [5.74, 6) is 0. The minimum absolute atomic E-state index is 0.770. The lowest BCUT2D eigenvalue weighted by atomic mass is 10.1. The zero-order chi connectivity index (χ0) is 18.6. The summed E-state index contributed by atoms with van der Waals surface area (Å²) in [4.78, 5) is 7.34. The first-order valence-electron chi connectivity index (χ1n) is 9.21. The maximum Gasteiger partial charge on any atom is 0.0921 e. The Hall–Kier alpha value is -2.72. The largest absolute Gasteiger partial charge is 0.348 e. The number of imidazole rings is 1. The fraction of sp³-hybridized carbons (Fsp3) is 0.227. The zero-order valence-electron chi connectivity index (χ0n) is 15.4. The molecule has 0 fully saturated rings. The van der Waals surface area contributed by atoms with E-state index < -0.39 is 0 Å². The van der Waals surface area contributed by atoms with Crippen molar-refractivity contribution in [2.24, 2.45) is 0 Å². The van der Waals surface area contributed by atoms with E-state index in [4.69, 9.17) is 11.6 Å². The molecule has 138 valence electrons. The minimum Gasteiger partial charge on any atom is -0.348 e. The van der Waals surface area contributed by atoms with Gasteiger partial charge in [-0.2, -0.15) is 0 Å². The van der Waals surface area contributed by atoms with E-state index in [2.05, 4.69) is 69.4 Å². The summed E-state index contributed by atoms with van der Waals surface area (Å²) in [5.41, 5.74) is 6.41. The molecule has 0 saturated carbocycles. The van der Waals surface area contributed by atoms with Crippen molar-refractivity contribution in [3.8, 4) is 0 Å². The van der Waals surface area contributed by atoms with Crippen LogP contribution in [0.25, 0.3) is 0 Å². The molecule has 0 spiro atoms. The number of nitrogens with zero attached hydrogens (tertiary/aromatic N) is 3. The number of H-pyrrole nitrogens is 1. The topological polar surface area (TPSA) is 35.2 Å². The summed E-state index contributed by atoms with van der Waals surface area (Å²) in [5, 5.41) is 5.54. The van der Waals surface area contributed by atoms with Crippen molar-refractivity contribution < 1.29 is 0 Å². The SMILES string of the molecule is CC1=C(CCc2cnc[nH]2)N(Cc2ccc(Cl)cc2)N(c2ccccc2)C1. The molecule has 1 aliphatic heterocycles. The number of nitrogens with one attached hydrogen (secondary N) is 1. The predicted octanol–water partition coefficient (Wildman–Crippen LogP) is 5.21. The Balaban J connectivity index is 1.60. The Morgan fingerprint density at radius 1 is 1.04 bits per heavy atom. The summed E-state index contributed by atoms with van der Waals surface area (Å²) in [7, 11) is 0. The number of hydrogen-bond acceptors (Lipinski definition) is 3. The molecule has 0 unspecified atom stereocenters. The molecule has 3 aromatic rings. The van der Waals surface area contributed by atoms with Crippen molar-refractivity contribution in [2.45, 2.75) is 26.3 Å². The molecule has 4 rings (SSSR count). The lowest BCUT2D eigenvalue weighted by molar-refractivity contribution is 0.327. The number of benzene rings is 2. The number of halogens is 1. The van der Waals surface area contributed by atoms with Crippen LogP contribution in [0.3, 0.4) is 0 Å². The van der Waals surface area contributed by atoms with Gasteiger partial charge in [0.2, 0.25) is 0 Å². The highest BCUT2D eigenvalue weighted by molar-refractivity contribution is 6.30. The average Bonchev–Trinajstić information content (AvgIpc) is 3.31. The molecule has 27 heavy (non-hydrogen) atoms. The number of aromatic amines is 1. The van der Waals surface area contributed by atoms with Crippen molar-refractivity contribution >= 4 is 17.3 Å². The monoisotopic (exact) mass is 378 g/mol.